The summed E-state index contributed by atoms with van der Waals surface area (Å²) in [7, 11) is 0. The number of esters is 1. The maximum absolute atomic E-state index is 11.8. The Kier molecular flexibility index (Phi) is 4.48. The first-order valence-corrected chi connectivity index (χ1v) is 5.82. The van der Waals surface area contributed by atoms with Crippen LogP contribution in [-0.4, -0.2) is 18.9 Å². The number of carbonyl (C=O) groups is 2. The van der Waals surface area contributed by atoms with Crippen molar-refractivity contribution in [1.29, 1.82) is 0 Å². The second-order valence-electron chi connectivity index (χ2n) is 4.90. The molecule has 0 spiro atoms. The summed E-state index contributed by atoms with van der Waals surface area (Å²) in [6, 6.07) is 4.71. The van der Waals surface area contributed by atoms with Gasteiger partial charge in [0.05, 0.1) is 12.0 Å². The van der Waals surface area contributed by atoms with Crippen LogP contribution in [0.4, 0.5) is 0 Å². The fourth-order valence-electron chi connectivity index (χ4n) is 1.20. The van der Waals surface area contributed by atoms with Crippen LogP contribution >= 0.6 is 0 Å². The van der Waals surface area contributed by atoms with Crippen LogP contribution in [0.5, 0.6) is 11.5 Å². The molecule has 4 heteroatoms. The molecule has 98 valence electrons. The third-order valence-electron chi connectivity index (χ3n) is 2.22. The van der Waals surface area contributed by atoms with E-state index in [1.807, 2.05) is 6.92 Å². The molecule has 4 nitrogen and oxygen atoms in total. The van der Waals surface area contributed by atoms with Crippen molar-refractivity contribution in [2.75, 3.05) is 6.61 Å². The summed E-state index contributed by atoms with van der Waals surface area (Å²) >= 11 is 0. The molecule has 1 rings (SSSR count). The first-order valence-electron chi connectivity index (χ1n) is 5.82. The Morgan fingerprint density at radius 2 is 1.94 bits per heavy atom. The monoisotopic (exact) mass is 250 g/mol. The van der Waals surface area contributed by atoms with Gasteiger partial charge in [-0.15, -0.1) is 0 Å². The molecule has 0 aliphatic rings. The molecule has 0 aliphatic carbocycles. The molecule has 0 radical (unpaired) electrons. The average Bonchev–Trinajstić information content (AvgIpc) is 2.30. The van der Waals surface area contributed by atoms with E-state index in [1.54, 1.807) is 39.0 Å². The summed E-state index contributed by atoms with van der Waals surface area (Å²) in [5.74, 6) is 0.393. The van der Waals surface area contributed by atoms with Gasteiger partial charge in [0.2, 0.25) is 0 Å². The van der Waals surface area contributed by atoms with Gasteiger partial charge >= 0.3 is 5.97 Å². The summed E-state index contributed by atoms with van der Waals surface area (Å²) in [5.41, 5.74) is -0.110. The van der Waals surface area contributed by atoms with Gasteiger partial charge in [-0.2, -0.15) is 0 Å². The van der Waals surface area contributed by atoms with Gasteiger partial charge in [-0.05, 0) is 45.9 Å². The van der Waals surface area contributed by atoms with E-state index in [0.717, 1.165) is 6.29 Å². The highest BCUT2D eigenvalue weighted by atomic mass is 16.6. The molecule has 0 bridgehead atoms. The minimum atomic E-state index is -0.590. The van der Waals surface area contributed by atoms with Crippen molar-refractivity contribution in [3.8, 4) is 11.5 Å². The number of benzene rings is 1. The minimum Gasteiger partial charge on any atom is -0.490 e. The summed E-state index contributed by atoms with van der Waals surface area (Å²) in [6.07, 6.45) is 0.720. The Morgan fingerprint density at radius 1 is 1.28 bits per heavy atom. The second-order valence-corrected chi connectivity index (χ2v) is 4.90. The molecule has 0 saturated heterocycles. The van der Waals surface area contributed by atoms with Crippen LogP contribution in [0.25, 0.3) is 0 Å². The highest BCUT2D eigenvalue weighted by molar-refractivity contribution is 5.80. The molecule has 0 fully saturated rings. The Hall–Kier alpha value is -1.84. The molecule has 0 saturated carbocycles. The normalized spacial score (nSPS) is 10.9. The van der Waals surface area contributed by atoms with Crippen LogP contribution in [0, 0.1) is 5.41 Å². The lowest BCUT2D eigenvalue weighted by atomic mass is 9.97. The predicted octanol–water partition coefficient (Wildman–Crippen LogP) is 2.85. The minimum absolute atomic E-state index is 0.336. The van der Waals surface area contributed by atoms with Crippen molar-refractivity contribution in [2.24, 2.45) is 5.41 Å². The number of carbonyl (C=O) groups excluding carboxylic acids is 2. The van der Waals surface area contributed by atoms with E-state index < -0.39 is 5.41 Å². The second kappa shape index (κ2) is 5.67. The largest absolute Gasteiger partial charge is 0.490 e. The van der Waals surface area contributed by atoms with Gasteiger partial charge in [-0.3, -0.25) is 9.59 Å². The number of hydrogen-bond donors (Lipinski definition) is 0. The van der Waals surface area contributed by atoms with E-state index in [0.29, 0.717) is 23.7 Å². The van der Waals surface area contributed by atoms with Gasteiger partial charge in [0.25, 0.3) is 0 Å². The third kappa shape index (κ3) is 3.58. The first kappa shape index (κ1) is 14.2. The molecule has 1 aromatic carbocycles. The zero-order valence-corrected chi connectivity index (χ0v) is 11.1. The van der Waals surface area contributed by atoms with Crippen molar-refractivity contribution < 1.29 is 19.1 Å². The van der Waals surface area contributed by atoms with E-state index in [1.165, 1.54) is 0 Å². The standard InChI is InChI=1S/C14H18O4/c1-5-17-12-8-10(9-15)6-7-11(12)18-13(16)14(2,3)4/h6-9H,5H2,1-4H3. The molecule has 0 N–H and O–H groups in total. The Labute approximate surface area is 107 Å². The number of rotatable bonds is 4. The number of ether oxygens (including phenoxy) is 2. The van der Waals surface area contributed by atoms with Crippen LogP contribution in [0.3, 0.4) is 0 Å². The smallest absolute Gasteiger partial charge is 0.316 e. The fourth-order valence-corrected chi connectivity index (χ4v) is 1.20. The molecule has 0 aromatic heterocycles. The average molecular weight is 250 g/mol. The summed E-state index contributed by atoms with van der Waals surface area (Å²) in [5, 5.41) is 0. The van der Waals surface area contributed by atoms with Crippen molar-refractivity contribution in [3.05, 3.63) is 23.8 Å². The Balaban J connectivity index is 3.01. The molecule has 0 amide bonds. The summed E-state index contributed by atoms with van der Waals surface area (Å²) in [4.78, 5) is 22.5. The molecule has 18 heavy (non-hydrogen) atoms. The zero-order chi connectivity index (χ0) is 13.8. The van der Waals surface area contributed by atoms with Crippen molar-refractivity contribution in [3.63, 3.8) is 0 Å². The van der Waals surface area contributed by atoms with Gasteiger partial charge in [-0.1, -0.05) is 0 Å². The van der Waals surface area contributed by atoms with Gasteiger partial charge in [0.15, 0.2) is 11.5 Å². The third-order valence-corrected chi connectivity index (χ3v) is 2.22. The van der Waals surface area contributed by atoms with Crippen LogP contribution < -0.4 is 9.47 Å². The highest BCUT2D eigenvalue weighted by Crippen LogP contribution is 2.30. The van der Waals surface area contributed by atoms with Gasteiger partial charge in [0, 0.05) is 5.56 Å². The van der Waals surface area contributed by atoms with E-state index >= 15 is 0 Å². The van der Waals surface area contributed by atoms with Crippen LogP contribution in [0.1, 0.15) is 38.1 Å². The Bertz CT molecular complexity index is 444. The predicted molar refractivity (Wildman–Crippen MR) is 68.1 cm³/mol. The fraction of sp³-hybridized carbons (Fsp3) is 0.429. The van der Waals surface area contributed by atoms with Crippen LogP contribution in [0.2, 0.25) is 0 Å². The SMILES string of the molecule is CCOc1cc(C=O)ccc1OC(=O)C(C)(C)C. The quantitative estimate of drug-likeness (QED) is 0.468. The topological polar surface area (TPSA) is 52.6 Å². The first-order chi connectivity index (χ1) is 8.38. The van der Waals surface area contributed by atoms with Gasteiger partial charge in [-0.25, -0.2) is 0 Å². The zero-order valence-electron chi connectivity index (χ0n) is 11.1. The van der Waals surface area contributed by atoms with E-state index in [2.05, 4.69) is 0 Å². The molecule has 0 heterocycles. The van der Waals surface area contributed by atoms with Gasteiger partial charge < -0.3 is 9.47 Å². The number of hydrogen-bond acceptors (Lipinski definition) is 4. The Morgan fingerprint density at radius 3 is 2.44 bits per heavy atom. The number of aldehydes is 1. The highest BCUT2D eigenvalue weighted by Gasteiger charge is 2.24. The van der Waals surface area contributed by atoms with Crippen molar-refractivity contribution >= 4 is 12.3 Å². The van der Waals surface area contributed by atoms with E-state index in [9.17, 15) is 9.59 Å². The lowest BCUT2D eigenvalue weighted by Gasteiger charge is -2.18. The van der Waals surface area contributed by atoms with Crippen molar-refractivity contribution in [2.45, 2.75) is 27.7 Å². The molecule has 0 aliphatic heterocycles. The summed E-state index contributed by atoms with van der Waals surface area (Å²) in [6.45, 7) is 7.58. The molecule has 0 atom stereocenters. The van der Waals surface area contributed by atoms with Crippen molar-refractivity contribution in [1.82, 2.24) is 0 Å². The molecule has 1 aromatic rings. The van der Waals surface area contributed by atoms with E-state index in [4.69, 9.17) is 9.47 Å². The lowest BCUT2D eigenvalue weighted by Crippen LogP contribution is -2.25. The lowest BCUT2D eigenvalue weighted by molar-refractivity contribution is -0.143. The maximum atomic E-state index is 11.8. The van der Waals surface area contributed by atoms with Crippen LogP contribution in [0.15, 0.2) is 18.2 Å². The molecular weight excluding hydrogens is 232 g/mol. The van der Waals surface area contributed by atoms with Crippen LogP contribution in [-0.2, 0) is 4.79 Å². The maximum Gasteiger partial charge on any atom is 0.316 e. The van der Waals surface area contributed by atoms with E-state index in [-0.39, 0.29) is 5.97 Å². The van der Waals surface area contributed by atoms with Gasteiger partial charge in [0.1, 0.15) is 6.29 Å². The summed E-state index contributed by atoms with van der Waals surface area (Å²) < 4.78 is 10.6. The molecule has 0 unspecified atom stereocenters. The molecular formula is C14H18O4.